The van der Waals surface area contributed by atoms with Gasteiger partial charge in [0.25, 0.3) is 11.8 Å². The second-order valence-corrected chi connectivity index (χ2v) is 8.00. The molecule has 7 heteroatoms. The molecule has 1 aromatic heterocycles. The highest BCUT2D eigenvalue weighted by molar-refractivity contribution is 7.09. The first kappa shape index (κ1) is 20.5. The van der Waals surface area contributed by atoms with Gasteiger partial charge in [-0.3, -0.25) is 9.59 Å². The monoisotopic (exact) mass is 402 g/mol. The van der Waals surface area contributed by atoms with Crippen LogP contribution in [-0.4, -0.2) is 52.2 Å². The Balaban J connectivity index is 1.58. The summed E-state index contributed by atoms with van der Waals surface area (Å²) in [4.78, 5) is 27.7. The van der Waals surface area contributed by atoms with E-state index in [1.54, 1.807) is 16.2 Å². The van der Waals surface area contributed by atoms with E-state index < -0.39 is 24.0 Å². The maximum absolute atomic E-state index is 12.8. The lowest BCUT2D eigenvalue weighted by atomic mass is 9.94. The van der Waals surface area contributed by atoms with Gasteiger partial charge in [-0.25, -0.2) is 0 Å². The molecule has 1 saturated heterocycles. The molecule has 2 aromatic rings. The molecule has 0 radical (unpaired) electrons. The Morgan fingerprint density at radius 1 is 1.11 bits per heavy atom. The van der Waals surface area contributed by atoms with Crippen LogP contribution < -0.4 is 5.32 Å². The molecule has 1 aromatic carbocycles. The molecule has 3 rings (SSSR count). The number of benzene rings is 1. The number of carbonyl (C=O) groups excluding carboxylic acids is 2. The van der Waals surface area contributed by atoms with Crippen molar-refractivity contribution in [1.29, 1.82) is 0 Å². The van der Waals surface area contributed by atoms with Crippen LogP contribution in [0.1, 0.15) is 35.7 Å². The van der Waals surface area contributed by atoms with Crippen LogP contribution in [0.2, 0.25) is 0 Å². The third-order valence-electron chi connectivity index (χ3n) is 5.04. The van der Waals surface area contributed by atoms with Crippen molar-refractivity contribution >= 4 is 23.2 Å². The van der Waals surface area contributed by atoms with E-state index in [0.29, 0.717) is 19.5 Å². The van der Waals surface area contributed by atoms with E-state index in [4.69, 9.17) is 0 Å². The third-order valence-corrected chi connectivity index (χ3v) is 5.98. The van der Waals surface area contributed by atoms with Crippen LogP contribution in [0.5, 0.6) is 0 Å². The predicted molar refractivity (Wildman–Crippen MR) is 108 cm³/mol. The number of thiophene rings is 1. The minimum atomic E-state index is -1.78. The Morgan fingerprint density at radius 2 is 1.89 bits per heavy atom. The average Bonchev–Trinajstić information content (AvgIpc) is 3.26. The summed E-state index contributed by atoms with van der Waals surface area (Å²) in [5.41, 5.74) is 0.998. The molecule has 6 nitrogen and oxygen atoms in total. The second-order valence-electron chi connectivity index (χ2n) is 6.96. The molecule has 0 aliphatic carbocycles. The number of nitrogens with one attached hydrogen (secondary N) is 1. The van der Waals surface area contributed by atoms with Crippen molar-refractivity contribution in [1.82, 2.24) is 10.2 Å². The fourth-order valence-corrected chi connectivity index (χ4v) is 4.24. The van der Waals surface area contributed by atoms with Crippen molar-refractivity contribution in [2.24, 2.45) is 0 Å². The molecule has 1 aliphatic rings. The van der Waals surface area contributed by atoms with Gasteiger partial charge in [0.2, 0.25) is 0 Å². The fourth-order valence-electron chi connectivity index (χ4n) is 3.53. The number of aliphatic hydroxyl groups is 2. The van der Waals surface area contributed by atoms with Crippen molar-refractivity contribution in [2.75, 3.05) is 13.1 Å². The minimum Gasteiger partial charge on any atom is -0.380 e. The first-order valence-corrected chi connectivity index (χ1v) is 10.5. The van der Waals surface area contributed by atoms with E-state index in [-0.39, 0.29) is 6.04 Å². The van der Waals surface area contributed by atoms with Crippen LogP contribution in [0.15, 0.2) is 47.8 Å². The summed E-state index contributed by atoms with van der Waals surface area (Å²) in [6.45, 7) is 0.843. The summed E-state index contributed by atoms with van der Waals surface area (Å²) >= 11 is 1.59. The summed E-state index contributed by atoms with van der Waals surface area (Å²) in [7, 11) is 0. The van der Waals surface area contributed by atoms with Gasteiger partial charge in [-0.15, -0.1) is 11.3 Å². The van der Waals surface area contributed by atoms with Crippen LogP contribution in [0.25, 0.3) is 0 Å². The zero-order valence-electron chi connectivity index (χ0n) is 15.7. The minimum absolute atomic E-state index is 0.147. The number of aliphatic hydroxyl groups excluding tert-OH is 2. The molecule has 0 bridgehead atoms. The van der Waals surface area contributed by atoms with Gasteiger partial charge in [0.05, 0.1) is 6.04 Å². The van der Waals surface area contributed by atoms with Crippen molar-refractivity contribution in [3.63, 3.8) is 0 Å². The molecule has 28 heavy (non-hydrogen) atoms. The smallest absolute Gasteiger partial charge is 0.255 e. The molecule has 1 fully saturated rings. The molecule has 2 amide bonds. The maximum atomic E-state index is 12.8. The average molecular weight is 403 g/mol. The Morgan fingerprint density at radius 3 is 2.61 bits per heavy atom. The molecular weight excluding hydrogens is 376 g/mol. The summed E-state index contributed by atoms with van der Waals surface area (Å²) in [6.07, 6.45) is -0.287. The molecule has 3 N–H and O–H groups in total. The van der Waals surface area contributed by atoms with Crippen molar-refractivity contribution in [2.45, 2.75) is 43.9 Å². The van der Waals surface area contributed by atoms with Crippen LogP contribution in [0, 0.1) is 0 Å². The molecule has 0 spiro atoms. The van der Waals surface area contributed by atoms with Gasteiger partial charge in [-0.05, 0) is 42.7 Å². The van der Waals surface area contributed by atoms with Gasteiger partial charge >= 0.3 is 0 Å². The van der Waals surface area contributed by atoms with Crippen molar-refractivity contribution in [3.8, 4) is 0 Å². The van der Waals surface area contributed by atoms with Crippen LogP contribution in [0.4, 0.5) is 0 Å². The summed E-state index contributed by atoms with van der Waals surface area (Å²) in [5.74, 6) is -1.33. The third kappa shape index (κ3) is 4.98. The van der Waals surface area contributed by atoms with E-state index >= 15 is 0 Å². The maximum Gasteiger partial charge on any atom is 0.255 e. The highest BCUT2D eigenvalue weighted by atomic mass is 32.1. The van der Waals surface area contributed by atoms with E-state index in [1.807, 2.05) is 47.8 Å². The van der Waals surface area contributed by atoms with E-state index in [1.165, 1.54) is 0 Å². The topological polar surface area (TPSA) is 89.9 Å². The van der Waals surface area contributed by atoms with Gasteiger partial charge in [0.15, 0.2) is 12.2 Å². The van der Waals surface area contributed by atoms with E-state index in [9.17, 15) is 19.8 Å². The zero-order valence-corrected chi connectivity index (χ0v) is 16.5. The standard InChI is InChI=1S/C21H26N2O4S/c24-18(20(26)22-12-11-16-9-6-14-28-16)19(25)21(27)23-13-5-4-10-17(23)15-7-2-1-3-8-15/h1-3,6-9,14,17-19,24-25H,4-5,10-13H2,(H,22,26)/t17-,18?,19+/m0/s1. The van der Waals surface area contributed by atoms with Gasteiger partial charge in [-0.1, -0.05) is 36.4 Å². The molecule has 3 atom stereocenters. The van der Waals surface area contributed by atoms with Crippen molar-refractivity contribution in [3.05, 3.63) is 58.3 Å². The van der Waals surface area contributed by atoms with Gasteiger partial charge < -0.3 is 20.4 Å². The molecule has 1 aliphatic heterocycles. The van der Waals surface area contributed by atoms with E-state index in [2.05, 4.69) is 5.32 Å². The molecule has 2 heterocycles. The number of carbonyl (C=O) groups is 2. The number of hydrogen-bond donors (Lipinski definition) is 3. The first-order valence-electron chi connectivity index (χ1n) is 9.59. The highest BCUT2D eigenvalue weighted by Gasteiger charge is 2.37. The van der Waals surface area contributed by atoms with Gasteiger partial charge in [0, 0.05) is 18.0 Å². The van der Waals surface area contributed by atoms with Gasteiger partial charge in [-0.2, -0.15) is 0 Å². The number of likely N-dealkylation sites (tertiary alicyclic amines) is 1. The lowest BCUT2D eigenvalue weighted by molar-refractivity contribution is -0.156. The number of hydrogen-bond acceptors (Lipinski definition) is 5. The summed E-state index contributed by atoms with van der Waals surface area (Å²) in [6, 6.07) is 13.4. The molecule has 150 valence electrons. The Hall–Kier alpha value is -2.22. The lowest BCUT2D eigenvalue weighted by Crippen LogP contribution is -2.52. The lowest BCUT2D eigenvalue weighted by Gasteiger charge is -2.37. The largest absolute Gasteiger partial charge is 0.380 e. The number of rotatable bonds is 7. The quantitative estimate of drug-likeness (QED) is 0.660. The molecule has 0 saturated carbocycles. The number of amides is 2. The van der Waals surface area contributed by atoms with E-state index in [0.717, 1.165) is 29.7 Å². The van der Waals surface area contributed by atoms with Crippen LogP contribution in [-0.2, 0) is 16.0 Å². The number of nitrogens with zero attached hydrogens (tertiary/aromatic N) is 1. The van der Waals surface area contributed by atoms with Crippen LogP contribution in [0.3, 0.4) is 0 Å². The second kappa shape index (κ2) is 9.82. The Bertz CT molecular complexity index is 766. The predicted octanol–water partition coefficient (Wildman–Crippen LogP) is 1.88. The normalized spacial score (nSPS) is 19.1. The highest BCUT2D eigenvalue weighted by Crippen LogP contribution is 2.31. The molecule has 1 unspecified atom stereocenters. The first-order chi connectivity index (χ1) is 13.6. The Labute approximate surface area is 168 Å². The summed E-state index contributed by atoms with van der Waals surface area (Å²) < 4.78 is 0. The summed E-state index contributed by atoms with van der Waals surface area (Å²) in [5, 5.41) is 25.1. The zero-order chi connectivity index (χ0) is 19.9. The van der Waals surface area contributed by atoms with Gasteiger partial charge in [0.1, 0.15) is 0 Å². The SMILES string of the molecule is O=C(NCCc1cccs1)C(O)[C@@H](O)C(=O)N1CCCC[C@H]1c1ccccc1. The van der Waals surface area contributed by atoms with Crippen LogP contribution >= 0.6 is 11.3 Å². The molecular formula is C21H26N2O4S. The van der Waals surface area contributed by atoms with Crippen molar-refractivity contribution < 1.29 is 19.8 Å². The Kier molecular flexibility index (Phi) is 7.19. The number of piperidine rings is 1. The fraction of sp³-hybridized carbons (Fsp3) is 0.429.